The minimum absolute atomic E-state index is 0.0682. The van der Waals surface area contributed by atoms with Crippen LogP contribution in [0.15, 0.2) is 0 Å². The molecular weight excluding hydrogens is 440 g/mol. The summed E-state index contributed by atoms with van der Waals surface area (Å²) in [5.74, 6) is -1.73. The summed E-state index contributed by atoms with van der Waals surface area (Å²) >= 11 is 0. The van der Waals surface area contributed by atoms with Gasteiger partial charge in [-0.3, -0.25) is 14.4 Å². The lowest BCUT2D eigenvalue weighted by Crippen LogP contribution is -2.64. The van der Waals surface area contributed by atoms with Gasteiger partial charge in [-0.1, -0.05) is 39.0 Å². The summed E-state index contributed by atoms with van der Waals surface area (Å²) in [7, 11) is 0. The first-order valence-electron chi connectivity index (χ1n) is 12.8. The molecule has 2 saturated heterocycles. The quantitative estimate of drug-likeness (QED) is 0.404. The molecule has 3 fully saturated rings. The van der Waals surface area contributed by atoms with E-state index in [1.54, 1.807) is 4.90 Å². The van der Waals surface area contributed by atoms with Gasteiger partial charge in [0.1, 0.15) is 5.54 Å². The molecule has 1 saturated carbocycles. The average Bonchev–Trinajstić information content (AvgIpc) is 3.39. The molecule has 10 heteroatoms. The molecule has 0 bridgehead atoms. The Balaban J connectivity index is 1.65. The third kappa shape index (κ3) is 7.15. The third-order valence-corrected chi connectivity index (χ3v) is 6.99. The Morgan fingerprint density at radius 2 is 1.76 bits per heavy atom. The Labute approximate surface area is 201 Å². The maximum Gasteiger partial charge on any atom is 0.318 e. The van der Waals surface area contributed by atoms with Crippen molar-refractivity contribution in [1.82, 2.24) is 20.9 Å². The topological polar surface area (TPSA) is 126 Å². The second kappa shape index (κ2) is 13.0. The fourth-order valence-electron chi connectivity index (χ4n) is 4.85. The number of hydrogen-bond acceptors (Lipinski definition) is 6. The maximum absolute atomic E-state index is 13.5. The molecule has 2 heterocycles. The van der Waals surface area contributed by atoms with Gasteiger partial charge in [-0.05, 0) is 32.1 Å². The van der Waals surface area contributed by atoms with Gasteiger partial charge >= 0.3 is 6.03 Å². The Morgan fingerprint density at radius 3 is 2.41 bits per heavy atom. The molecule has 3 aliphatic rings. The van der Waals surface area contributed by atoms with Gasteiger partial charge in [0.2, 0.25) is 11.7 Å². The summed E-state index contributed by atoms with van der Waals surface area (Å²) in [6.45, 7) is 4.85. The largest absolute Gasteiger partial charge is 0.378 e. The highest BCUT2D eigenvalue weighted by molar-refractivity contribution is 6.38. The summed E-state index contributed by atoms with van der Waals surface area (Å²) < 4.78 is 10.8. The second-order valence-electron chi connectivity index (χ2n) is 9.55. The van der Waals surface area contributed by atoms with E-state index in [1.165, 1.54) is 0 Å². The lowest BCUT2D eigenvalue weighted by Gasteiger charge is -2.39. The molecule has 1 unspecified atom stereocenters. The number of Topliss-reactive ketones (excluding diaryl/α,β-unsaturated/α-hetero) is 1. The molecule has 0 aromatic heterocycles. The molecule has 0 spiro atoms. The monoisotopic (exact) mass is 480 g/mol. The Hall–Kier alpha value is -2.20. The Bertz CT molecular complexity index is 712. The number of amides is 4. The lowest BCUT2D eigenvalue weighted by molar-refractivity contribution is -0.141. The number of hydrogen-bond donors (Lipinski definition) is 3. The van der Waals surface area contributed by atoms with Gasteiger partial charge in [-0.15, -0.1) is 0 Å². The molecule has 3 N–H and O–H groups in total. The minimum atomic E-state index is -1.08. The lowest BCUT2D eigenvalue weighted by atomic mass is 9.80. The van der Waals surface area contributed by atoms with Crippen molar-refractivity contribution in [2.45, 2.75) is 88.8 Å². The third-order valence-electron chi connectivity index (χ3n) is 6.99. The highest BCUT2D eigenvalue weighted by Gasteiger charge is 2.43. The van der Waals surface area contributed by atoms with E-state index in [0.717, 1.165) is 38.5 Å². The number of morpholine rings is 1. The standard InChI is InChI=1S/C24H40N4O6/c1-2-3-9-19(20(29)21(30)25-17-18-8-7-14-34-18)26-22(31)24(10-5-4-6-11-24)27-23(32)28-12-15-33-16-13-28/h18-19H,2-17H2,1H3,(H,25,30)(H,26,31)(H,27,32)/t18-,19?/m0/s1. The number of carbonyl (C=O) groups excluding carboxylic acids is 4. The molecule has 0 aromatic carbocycles. The van der Waals surface area contributed by atoms with Crippen molar-refractivity contribution in [2.24, 2.45) is 0 Å². The molecule has 10 nitrogen and oxygen atoms in total. The second-order valence-corrected chi connectivity index (χ2v) is 9.55. The van der Waals surface area contributed by atoms with Gasteiger partial charge in [-0.25, -0.2) is 4.79 Å². The van der Waals surface area contributed by atoms with Crippen LogP contribution in [0.3, 0.4) is 0 Å². The van der Waals surface area contributed by atoms with Crippen LogP contribution in [-0.4, -0.2) is 85.7 Å². The predicted octanol–water partition coefficient (Wildman–Crippen LogP) is 1.27. The molecular formula is C24H40N4O6. The molecule has 2 aliphatic heterocycles. The van der Waals surface area contributed by atoms with E-state index < -0.39 is 23.3 Å². The van der Waals surface area contributed by atoms with Gasteiger partial charge in [0, 0.05) is 26.2 Å². The van der Waals surface area contributed by atoms with Crippen LogP contribution in [0.1, 0.15) is 71.1 Å². The van der Waals surface area contributed by atoms with Crippen molar-refractivity contribution in [3.63, 3.8) is 0 Å². The number of nitrogens with one attached hydrogen (secondary N) is 3. The smallest absolute Gasteiger partial charge is 0.318 e. The van der Waals surface area contributed by atoms with E-state index in [-0.39, 0.29) is 18.0 Å². The van der Waals surface area contributed by atoms with Gasteiger partial charge in [-0.2, -0.15) is 0 Å². The molecule has 34 heavy (non-hydrogen) atoms. The number of carbonyl (C=O) groups is 4. The summed E-state index contributed by atoms with van der Waals surface area (Å²) in [5.41, 5.74) is -1.08. The summed E-state index contributed by atoms with van der Waals surface area (Å²) in [6, 6.07) is -1.21. The van der Waals surface area contributed by atoms with Crippen molar-refractivity contribution in [3.8, 4) is 0 Å². The van der Waals surface area contributed by atoms with Crippen molar-refractivity contribution in [3.05, 3.63) is 0 Å². The van der Waals surface area contributed by atoms with Gasteiger partial charge in [0.25, 0.3) is 5.91 Å². The maximum atomic E-state index is 13.5. The average molecular weight is 481 g/mol. The summed E-state index contributed by atoms with van der Waals surface area (Å²) in [5, 5.41) is 8.49. The Morgan fingerprint density at radius 1 is 1.03 bits per heavy atom. The zero-order valence-corrected chi connectivity index (χ0v) is 20.4. The van der Waals surface area contributed by atoms with Gasteiger partial charge < -0.3 is 30.3 Å². The Kier molecular flexibility index (Phi) is 10.1. The number of ether oxygens (including phenoxy) is 2. The van der Waals surface area contributed by atoms with Crippen molar-refractivity contribution in [2.75, 3.05) is 39.5 Å². The highest BCUT2D eigenvalue weighted by atomic mass is 16.5. The van der Waals surface area contributed by atoms with E-state index in [4.69, 9.17) is 9.47 Å². The van der Waals surface area contributed by atoms with Crippen LogP contribution in [-0.2, 0) is 23.9 Å². The number of nitrogens with zero attached hydrogens (tertiary/aromatic N) is 1. The van der Waals surface area contributed by atoms with Gasteiger partial charge in [0.15, 0.2) is 0 Å². The first-order chi connectivity index (χ1) is 16.4. The summed E-state index contributed by atoms with van der Waals surface area (Å²) in [4.78, 5) is 53.7. The van der Waals surface area contributed by atoms with E-state index >= 15 is 0 Å². The molecule has 2 atom stereocenters. The number of unbranched alkanes of at least 4 members (excludes halogenated alkanes) is 1. The van der Waals surface area contributed by atoms with Crippen molar-refractivity contribution < 1.29 is 28.7 Å². The van der Waals surface area contributed by atoms with Crippen molar-refractivity contribution in [1.29, 1.82) is 0 Å². The van der Waals surface area contributed by atoms with Crippen LogP contribution in [0.5, 0.6) is 0 Å². The fraction of sp³-hybridized carbons (Fsp3) is 0.833. The molecule has 1 aliphatic carbocycles. The molecule has 192 valence electrons. The summed E-state index contributed by atoms with van der Waals surface area (Å²) in [6.07, 6.45) is 7.27. The fourth-order valence-corrected chi connectivity index (χ4v) is 4.85. The number of ketones is 1. The zero-order chi connectivity index (χ0) is 24.4. The van der Waals surface area contributed by atoms with Crippen LogP contribution in [0.4, 0.5) is 4.79 Å². The molecule has 0 radical (unpaired) electrons. The normalized spacial score (nSPS) is 23.1. The number of rotatable bonds is 10. The highest BCUT2D eigenvalue weighted by Crippen LogP contribution is 2.29. The molecule has 4 amide bonds. The number of urea groups is 1. The van der Waals surface area contributed by atoms with E-state index in [0.29, 0.717) is 65.1 Å². The van der Waals surface area contributed by atoms with Crippen LogP contribution in [0.2, 0.25) is 0 Å². The van der Waals surface area contributed by atoms with Gasteiger partial charge in [0.05, 0.1) is 25.4 Å². The van der Waals surface area contributed by atoms with Crippen LogP contribution in [0, 0.1) is 0 Å². The minimum Gasteiger partial charge on any atom is -0.378 e. The molecule has 0 aromatic rings. The van der Waals surface area contributed by atoms with Crippen LogP contribution in [0.25, 0.3) is 0 Å². The molecule has 3 rings (SSSR count). The van der Waals surface area contributed by atoms with Crippen LogP contribution >= 0.6 is 0 Å². The zero-order valence-electron chi connectivity index (χ0n) is 20.4. The van der Waals surface area contributed by atoms with E-state index in [1.807, 2.05) is 6.92 Å². The van der Waals surface area contributed by atoms with Crippen LogP contribution < -0.4 is 16.0 Å². The van der Waals surface area contributed by atoms with E-state index in [9.17, 15) is 19.2 Å². The SMILES string of the molecule is CCCCC(NC(=O)C1(NC(=O)N2CCOCC2)CCCCC1)C(=O)C(=O)NC[C@@H]1CCCO1. The predicted molar refractivity (Wildman–Crippen MR) is 125 cm³/mol. The first-order valence-corrected chi connectivity index (χ1v) is 12.8. The van der Waals surface area contributed by atoms with Crippen molar-refractivity contribution >= 4 is 23.6 Å². The van der Waals surface area contributed by atoms with E-state index in [2.05, 4.69) is 16.0 Å². The first kappa shape index (κ1) is 26.4.